The van der Waals surface area contributed by atoms with Crippen LogP contribution in [0.4, 0.5) is 10.8 Å². The number of nitrogens with two attached hydrogens (primary N) is 1. The molecule has 0 bridgehead atoms. The number of fused-ring (bicyclic) bond motifs is 1. The molecule has 2 aromatic rings. The minimum atomic E-state index is 0.665. The highest BCUT2D eigenvalue weighted by Gasteiger charge is 2.16. The van der Waals surface area contributed by atoms with E-state index in [0.29, 0.717) is 5.13 Å². The van der Waals surface area contributed by atoms with E-state index in [1.165, 1.54) is 41.9 Å². The molecule has 1 aliphatic rings. The fourth-order valence-electron chi connectivity index (χ4n) is 2.47. The smallest absolute Gasteiger partial charge is 0.219 e. The molecule has 0 unspecified atom stereocenters. The highest BCUT2D eigenvalue weighted by molar-refractivity contribution is 7.15. The third-order valence-corrected chi connectivity index (χ3v) is 4.21. The Labute approximate surface area is 116 Å². The lowest BCUT2D eigenvalue weighted by Crippen LogP contribution is -2.23. The summed E-state index contributed by atoms with van der Waals surface area (Å²) in [6.45, 7) is 1.87. The zero-order valence-corrected chi connectivity index (χ0v) is 11.5. The van der Waals surface area contributed by atoms with E-state index >= 15 is 0 Å². The first-order valence-electron chi connectivity index (χ1n) is 6.48. The van der Waals surface area contributed by atoms with Gasteiger partial charge in [0.05, 0.1) is 6.54 Å². The number of nitrogen functional groups attached to an aromatic ring is 1. The molecule has 0 radical (unpaired) electrons. The van der Waals surface area contributed by atoms with Crippen LogP contribution in [0.1, 0.15) is 23.4 Å². The van der Waals surface area contributed by atoms with Gasteiger partial charge in [0.2, 0.25) is 5.13 Å². The first kappa shape index (κ1) is 12.4. The van der Waals surface area contributed by atoms with Crippen molar-refractivity contribution in [3.05, 3.63) is 34.8 Å². The molecule has 0 spiro atoms. The van der Waals surface area contributed by atoms with Crippen LogP contribution in [0.25, 0.3) is 0 Å². The lowest BCUT2D eigenvalue weighted by atomic mass is 10.1. The molecular weight excluding hydrogens is 258 g/mol. The van der Waals surface area contributed by atoms with Gasteiger partial charge in [-0.1, -0.05) is 29.5 Å². The SMILES string of the molecule is NNc1nnc(CN2CCCCc3ccccc32)s1. The van der Waals surface area contributed by atoms with Gasteiger partial charge in [-0.05, 0) is 30.9 Å². The molecule has 1 aliphatic heterocycles. The molecule has 1 aromatic heterocycles. The van der Waals surface area contributed by atoms with E-state index in [2.05, 4.69) is 44.8 Å². The number of para-hydroxylation sites is 1. The minimum absolute atomic E-state index is 0.665. The number of aryl methyl sites for hydroxylation is 1. The summed E-state index contributed by atoms with van der Waals surface area (Å²) in [5.41, 5.74) is 5.31. The summed E-state index contributed by atoms with van der Waals surface area (Å²) in [6.07, 6.45) is 3.63. The molecule has 3 rings (SSSR count). The summed E-state index contributed by atoms with van der Waals surface area (Å²) < 4.78 is 0. The van der Waals surface area contributed by atoms with Crippen LogP contribution in [-0.4, -0.2) is 16.7 Å². The monoisotopic (exact) mass is 275 g/mol. The van der Waals surface area contributed by atoms with Crippen molar-refractivity contribution in [3.8, 4) is 0 Å². The zero-order valence-electron chi connectivity index (χ0n) is 10.7. The summed E-state index contributed by atoms with van der Waals surface area (Å²) >= 11 is 1.51. The van der Waals surface area contributed by atoms with Gasteiger partial charge in [-0.2, -0.15) is 0 Å². The number of aromatic nitrogens is 2. The van der Waals surface area contributed by atoms with Crippen LogP contribution in [0.3, 0.4) is 0 Å². The molecule has 100 valence electrons. The van der Waals surface area contributed by atoms with Gasteiger partial charge in [-0.15, -0.1) is 10.2 Å². The Morgan fingerprint density at radius 2 is 2.16 bits per heavy atom. The summed E-state index contributed by atoms with van der Waals surface area (Å²) in [6, 6.07) is 8.64. The van der Waals surface area contributed by atoms with Gasteiger partial charge in [-0.3, -0.25) is 5.43 Å². The highest BCUT2D eigenvalue weighted by Crippen LogP contribution is 2.28. The standard InChI is InChI=1S/C13H17N5S/c14-15-13-17-16-12(19-13)9-18-8-4-3-6-10-5-1-2-7-11(10)18/h1-2,5,7H,3-4,6,8-9,14H2,(H,15,17). The van der Waals surface area contributed by atoms with E-state index in [4.69, 9.17) is 5.84 Å². The topological polar surface area (TPSA) is 67.1 Å². The molecule has 0 atom stereocenters. The van der Waals surface area contributed by atoms with Crippen molar-refractivity contribution < 1.29 is 0 Å². The van der Waals surface area contributed by atoms with E-state index in [0.717, 1.165) is 18.1 Å². The number of hydrogen-bond donors (Lipinski definition) is 2. The van der Waals surface area contributed by atoms with Crippen molar-refractivity contribution in [2.24, 2.45) is 5.84 Å². The molecular formula is C13H17N5S. The zero-order chi connectivity index (χ0) is 13.1. The Balaban J connectivity index is 1.83. The van der Waals surface area contributed by atoms with Crippen LogP contribution >= 0.6 is 11.3 Å². The number of nitrogens with zero attached hydrogens (tertiary/aromatic N) is 3. The molecule has 3 N–H and O–H groups in total. The van der Waals surface area contributed by atoms with Gasteiger partial charge in [0.15, 0.2) is 0 Å². The summed E-state index contributed by atoms with van der Waals surface area (Å²) in [5.74, 6) is 5.34. The third kappa shape index (κ3) is 2.69. The number of nitrogens with one attached hydrogen (secondary N) is 1. The van der Waals surface area contributed by atoms with Crippen LogP contribution in [0.15, 0.2) is 24.3 Å². The predicted octanol–water partition coefficient (Wildman–Crippen LogP) is 2.17. The molecule has 1 aromatic carbocycles. The van der Waals surface area contributed by atoms with Crippen LogP contribution in [0.5, 0.6) is 0 Å². The first-order chi connectivity index (χ1) is 9.36. The second kappa shape index (κ2) is 5.54. The highest BCUT2D eigenvalue weighted by atomic mass is 32.1. The van der Waals surface area contributed by atoms with Gasteiger partial charge in [0, 0.05) is 12.2 Å². The lowest BCUT2D eigenvalue weighted by Gasteiger charge is -2.23. The maximum atomic E-state index is 5.34. The number of hydrazine groups is 1. The molecule has 19 heavy (non-hydrogen) atoms. The van der Waals surface area contributed by atoms with Gasteiger partial charge >= 0.3 is 0 Å². The Kier molecular flexibility index (Phi) is 3.61. The van der Waals surface area contributed by atoms with Gasteiger partial charge in [-0.25, -0.2) is 5.84 Å². The van der Waals surface area contributed by atoms with E-state index in [1.54, 1.807) is 0 Å². The number of anilines is 2. The Morgan fingerprint density at radius 3 is 3.00 bits per heavy atom. The minimum Gasteiger partial charge on any atom is -0.364 e. The fraction of sp³-hybridized carbons (Fsp3) is 0.385. The second-order valence-electron chi connectivity index (χ2n) is 4.65. The number of rotatable bonds is 3. The summed E-state index contributed by atoms with van der Waals surface area (Å²) in [5, 5.41) is 9.81. The van der Waals surface area contributed by atoms with Crippen LogP contribution in [-0.2, 0) is 13.0 Å². The lowest BCUT2D eigenvalue weighted by molar-refractivity contribution is 0.710. The molecule has 0 saturated heterocycles. The van der Waals surface area contributed by atoms with Crippen molar-refractivity contribution in [2.75, 3.05) is 16.9 Å². The van der Waals surface area contributed by atoms with Gasteiger partial charge in [0.1, 0.15) is 5.01 Å². The molecule has 2 heterocycles. The van der Waals surface area contributed by atoms with Crippen LogP contribution < -0.4 is 16.2 Å². The molecule has 5 nitrogen and oxygen atoms in total. The Bertz CT molecular complexity index is 553. The molecule has 6 heteroatoms. The molecule has 0 fully saturated rings. The second-order valence-corrected chi connectivity index (χ2v) is 5.71. The largest absolute Gasteiger partial charge is 0.364 e. The summed E-state index contributed by atoms with van der Waals surface area (Å²) in [4.78, 5) is 2.39. The van der Waals surface area contributed by atoms with Gasteiger partial charge < -0.3 is 4.90 Å². The molecule has 0 amide bonds. The van der Waals surface area contributed by atoms with E-state index in [9.17, 15) is 0 Å². The average Bonchev–Trinajstić information content (AvgIpc) is 2.80. The van der Waals surface area contributed by atoms with Crippen LogP contribution in [0.2, 0.25) is 0 Å². The Hall–Kier alpha value is -1.66. The predicted molar refractivity (Wildman–Crippen MR) is 78.1 cm³/mol. The van der Waals surface area contributed by atoms with Crippen LogP contribution in [0, 0.1) is 0 Å². The van der Waals surface area contributed by atoms with E-state index in [-0.39, 0.29) is 0 Å². The van der Waals surface area contributed by atoms with E-state index in [1.807, 2.05) is 0 Å². The third-order valence-electron chi connectivity index (χ3n) is 3.37. The van der Waals surface area contributed by atoms with Crippen molar-refractivity contribution >= 4 is 22.2 Å². The maximum absolute atomic E-state index is 5.34. The fourth-order valence-corrected chi connectivity index (χ4v) is 3.14. The molecule has 0 aliphatic carbocycles. The summed E-state index contributed by atoms with van der Waals surface area (Å²) in [7, 11) is 0. The Morgan fingerprint density at radius 1 is 1.26 bits per heavy atom. The number of hydrogen-bond acceptors (Lipinski definition) is 6. The maximum Gasteiger partial charge on any atom is 0.219 e. The van der Waals surface area contributed by atoms with E-state index < -0.39 is 0 Å². The van der Waals surface area contributed by atoms with Crippen molar-refractivity contribution in [1.82, 2.24) is 10.2 Å². The van der Waals surface area contributed by atoms with Crippen molar-refractivity contribution in [3.63, 3.8) is 0 Å². The number of benzene rings is 1. The quantitative estimate of drug-likeness (QED) is 0.664. The molecule has 0 saturated carbocycles. The normalized spacial score (nSPS) is 14.9. The van der Waals surface area contributed by atoms with Crippen molar-refractivity contribution in [1.29, 1.82) is 0 Å². The first-order valence-corrected chi connectivity index (χ1v) is 7.30. The average molecular weight is 275 g/mol. The van der Waals surface area contributed by atoms with Gasteiger partial charge in [0.25, 0.3) is 0 Å². The van der Waals surface area contributed by atoms with Crippen molar-refractivity contribution in [2.45, 2.75) is 25.8 Å².